The first-order chi connectivity index (χ1) is 17.2. The summed E-state index contributed by atoms with van der Waals surface area (Å²) in [6.45, 7) is 15.4. The summed E-state index contributed by atoms with van der Waals surface area (Å²) in [6, 6.07) is 4.99. The molecule has 4 rings (SSSR count). The van der Waals surface area contributed by atoms with Gasteiger partial charge in [0.15, 0.2) is 10.5 Å². The molecule has 0 saturated carbocycles. The van der Waals surface area contributed by atoms with E-state index < -0.39 is 10.0 Å². The molecule has 1 aromatic carbocycles. The van der Waals surface area contributed by atoms with Gasteiger partial charge in [-0.2, -0.15) is 4.31 Å². The predicted molar refractivity (Wildman–Crippen MR) is 143 cm³/mol. The van der Waals surface area contributed by atoms with Crippen molar-refractivity contribution < 1.29 is 34.6 Å². The number of nitrogens with one attached hydrogen (secondary N) is 1. The van der Waals surface area contributed by atoms with Gasteiger partial charge in [0.2, 0.25) is 10.0 Å². The van der Waals surface area contributed by atoms with Crippen LogP contribution < -0.4 is 21.7 Å². The highest BCUT2D eigenvalue weighted by atomic mass is 79.9. The third-order valence-corrected chi connectivity index (χ3v) is 9.54. The summed E-state index contributed by atoms with van der Waals surface area (Å²) in [5.74, 6) is 1.87. The van der Waals surface area contributed by atoms with E-state index in [0.29, 0.717) is 41.5 Å². The largest absolute Gasteiger partial charge is 1.00 e. The first kappa shape index (κ1) is 29.7. The van der Waals surface area contributed by atoms with Crippen molar-refractivity contribution in [2.75, 3.05) is 45.9 Å². The van der Waals surface area contributed by atoms with E-state index in [9.17, 15) is 8.42 Å². The van der Waals surface area contributed by atoms with Crippen LogP contribution in [0.15, 0.2) is 23.1 Å². The first-order valence-electron chi connectivity index (χ1n) is 12.8. The van der Waals surface area contributed by atoms with Crippen LogP contribution >= 0.6 is 12.2 Å². The summed E-state index contributed by atoms with van der Waals surface area (Å²) in [6.07, 6.45) is 1.71. The van der Waals surface area contributed by atoms with Crippen LogP contribution in [-0.2, 0) is 16.4 Å². The molecule has 0 amide bonds. The minimum absolute atomic E-state index is 0. The number of aromatic amines is 1. The number of ether oxygens (including phenoxy) is 1. The molecule has 0 bridgehead atoms. The number of hydrogen-bond donors (Lipinski definition) is 1. The van der Waals surface area contributed by atoms with Crippen LogP contribution in [0, 0.1) is 11.6 Å². The lowest BCUT2D eigenvalue weighted by Crippen LogP contribution is -3.00. The zero-order chi connectivity index (χ0) is 26.1. The minimum atomic E-state index is -3.68. The Morgan fingerprint density at radius 3 is 2.38 bits per heavy atom. The third kappa shape index (κ3) is 5.63. The molecule has 1 aliphatic rings. The minimum Gasteiger partial charge on any atom is -1.00 e. The van der Waals surface area contributed by atoms with Crippen molar-refractivity contribution >= 4 is 27.8 Å². The summed E-state index contributed by atoms with van der Waals surface area (Å²) in [4.78, 5) is 9.53. The highest BCUT2D eigenvalue weighted by Crippen LogP contribution is 2.32. The van der Waals surface area contributed by atoms with Gasteiger partial charge in [0, 0.05) is 6.42 Å². The van der Waals surface area contributed by atoms with E-state index in [-0.39, 0.29) is 21.9 Å². The van der Waals surface area contributed by atoms with E-state index in [0.717, 1.165) is 60.5 Å². The molecule has 0 radical (unpaired) electrons. The number of sulfonamides is 1. The van der Waals surface area contributed by atoms with Gasteiger partial charge < -0.3 is 26.2 Å². The van der Waals surface area contributed by atoms with Gasteiger partial charge in [0.1, 0.15) is 17.1 Å². The molecular weight excluding hydrogens is 576 g/mol. The maximum Gasteiger partial charge on any atom is 0.243 e. The van der Waals surface area contributed by atoms with Crippen molar-refractivity contribution in [1.82, 2.24) is 23.9 Å². The van der Waals surface area contributed by atoms with E-state index in [1.165, 1.54) is 0 Å². The van der Waals surface area contributed by atoms with Crippen molar-refractivity contribution in [1.29, 1.82) is 0 Å². The average molecular weight is 614 g/mol. The molecular formula is C25H37BrN6O3S2. The van der Waals surface area contributed by atoms with Crippen LogP contribution in [0.1, 0.15) is 45.6 Å². The monoisotopic (exact) mass is 612 g/mol. The van der Waals surface area contributed by atoms with Gasteiger partial charge >= 0.3 is 0 Å². The van der Waals surface area contributed by atoms with Gasteiger partial charge in [-0.1, -0.05) is 19.1 Å². The Kier molecular flexibility index (Phi) is 9.55. The number of fused-ring (bicyclic) bond motifs is 1. The van der Waals surface area contributed by atoms with Crippen molar-refractivity contribution in [3.05, 3.63) is 34.4 Å². The highest BCUT2D eigenvalue weighted by molar-refractivity contribution is 7.89. The number of hydrogen-bond acceptors (Lipinski definition) is 6. The first-order valence-corrected chi connectivity index (χ1v) is 14.6. The fraction of sp³-hybridized carbons (Fsp3) is 0.560. The maximum absolute atomic E-state index is 13.7. The molecule has 2 aromatic heterocycles. The van der Waals surface area contributed by atoms with Gasteiger partial charge in [-0.15, -0.1) is 0 Å². The molecule has 0 unspecified atom stereocenters. The molecule has 3 heterocycles. The Morgan fingerprint density at radius 2 is 1.78 bits per heavy atom. The number of likely N-dealkylation sites (N-methyl/N-ethyl adjacent to an activating group) is 1. The molecule has 1 aliphatic heterocycles. The van der Waals surface area contributed by atoms with Gasteiger partial charge in [-0.05, 0) is 52.3 Å². The number of aromatic nitrogens is 4. The molecule has 0 aliphatic carbocycles. The number of nitrogens with zero attached hydrogens (tertiary/aromatic N) is 5. The van der Waals surface area contributed by atoms with E-state index in [1.54, 1.807) is 22.5 Å². The number of imidazole rings is 1. The second-order valence-electron chi connectivity index (χ2n) is 9.34. The van der Waals surface area contributed by atoms with E-state index in [1.807, 2.05) is 18.4 Å². The zero-order valence-corrected chi connectivity index (χ0v) is 25.5. The lowest BCUT2D eigenvalue weighted by molar-refractivity contribution is -0.928. The van der Waals surface area contributed by atoms with Crippen molar-refractivity contribution in [2.24, 2.45) is 0 Å². The topological polar surface area (TPSA) is 92.6 Å². The van der Waals surface area contributed by atoms with Crippen LogP contribution in [0.25, 0.3) is 16.9 Å². The second kappa shape index (κ2) is 11.9. The van der Waals surface area contributed by atoms with Crippen LogP contribution in [0.3, 0.4) is 0 Å². The van der Waals surface area contributed by atoms with Crippen molar-refractivity contribution in [3.8, 4) is 17.1 Å². The maximum atomic E-state index is 13.7. The number of rotatable bonds is 9. The summed E-state index contributed by atoms with van der Waals surface area (Å²) in [5, 5.41) is 3.33. The summed E-state index contributed by atoms with van der Waals surface area (Å²) in [5.41, 5.74) is 2.14. The highest BCUT2D eigenvalue weighted by Gasteiger charge is 2.36. The number of aryl methyl sites for hydroxylation is 2. The van der Waals surface area contributed by atoms with Gasteiger partial charge in [-0.25, -0.2) is 22.9 Å². The quantitative estimate of drug-likeness (QED) is 0.286. The smallest absolute Gasteiger partial charge is 0.243 e. The molecule has 37 heavy (non-hydrogen) atoms. The molecule has 204 valence electrons. The summed E-state index contributed by atoms with van der Waals surface area (Å²) < 4.78 is 38.0. The second-order valence-corrected chi connectivity index (χ2v) is 11.7. The SMILES string of the molecule is CCCc1nc(C)c2c(=S)nc(-c3cc(S(=O)(=O)N4CC[N+](CC)(CC)CC4)ccc3OCC)[nH]n12.[Br-]. The van der Waals surface area contributed by atoms with Crippen LogP contribution in [0.4, 0.5) is 0 Å². The van der Waals surface area contributed by atoms with Crippen molar-refractivity contribution in [3.63, 3.8) is 0 Å². The number of H-pyrrole nitrogens is 1. The molecule has 1 saturated heterocycles. The Morgan fingerprint density at radius 1 is 1.11 bits per heavy atom. The molecule has 3 aromatic rings. The molecule has 1 N–H and O–H groups in total. The standard InChI is InChI=1S/C25H36N6O3S2.BrH/c1-6-10-22-26-18(5)23-25(35)27-24(28-30(22)23)20-17-19(11-12-21(20)34-9-4)36(32,33)29-13-15-31(7-2,8-3)16-14-29;/h11-12,17H,6-10,13-16H2,1-5H3;1H. The van der Waals surface area contributed by atoms with Crippen LogP contribution in [0.2, 0.25) is 0 Å². The predicted octanol–water partition coefficient (Wildman–Crippen LogP) is 0.978. The van der Waals surface area contributed by atoms with Crippen LogP contribution in [-0.4, -0.2) is 82.7 Å². The fourth-order valence-electron chi connectivity index (χ4n) is 5.01. The Bertz CT molecular complexity index is 1410. The molecule has 12 heteroatoms. The Hall–Kier alpha value is -1.86. The van der Waals surface area contributed by atoms with E-state index in [4.69, 9.17) is 17.0 Å². The van der Waals surface area contributed by atoms with E-state index >= 15 is 0 Å². The van der Waals surface area contributed by atoms with E-state index in [2.05, 4.69) is 35.8 Å². The lowest BCUT2D eigenvalue weighted by atomic mass is 10.2. The Labute approximate surface area is 235 Å². The zero-order valence-electron chi connectivity index (χ0n) is 22.3. The number of piperazine rings is 1. The number of halogens is 1. The van der Waals surface area contributed by atoms with Gasteiger partial charge in [0.25, 0.3) is 0 Å². The summed E-state index contributed by atoms with van der Waals surface area (Å²) in [7, 11) is -3.68. The average Bonchev–Trinajstić information content (AvgIpc) is 3.20. The Balaban J connectivity index is 0.00000380. The van der Waals surface area contributed by atoms with Gasteiger partial charge in [-0.3, -0.25) is 5.10 Å². The normalized spacial score (nSPS) is 16.0. The number of benzene rings is 1. The number of quaternary nitrogens is 1. The summed E-state index contributed by atoms with van der Waals surface area (Å²) >= 11 is 5.63. The lowest BCUT2D eigenvalue weighted by Gasteiger charge is -2.43. The third-order valence-electron chi connectivity index (χ3n) is 7.36. The fourth-order valence-corrected chi connectivity index (χ4v) is 6.79. The van der Waals surface area contributed by atoms with Crippen LogP contribution in [0.5, 0.6) is 5.75 Å². The molecule has 1 fully saturated rings. The van der Waals surface area contributed by atoms with Crippen molar-refractivity contribution in [2.45, 2.75) is 52.4 Å². The molecule has 0 atom stereocenters. The molecule has 0 spiro atoms. The molecule has 9 nitrogen and oxygen atoms in total. The van der Waals surface area contributed by atoms with Gasteiger partial charge in [0.05, 0.1) is 62.0 Å².